The Labute approximate surface area is 101 Å². The molecule has 2 aromatic rings. The Kier molecular flexibility index (Phi) is 2.87. The highest BCUT2D eigenvalue weighted by Gasteiger charge is 2.23. The molecule has 0 spiro atoms. The van der Waals surface area contributed by atoms with Crippen molar-refractivity contribution < 1.29 is 9.52 Å². The van der Waals surface area contributed by atoms with E-state index in [9.17, 15) is 5.11 Å². The van der Waals surface area contributed by atoms with Crippen molar-refractivity contribution in [2.45, 2.75) is 33.3 Å². The molecule has 3 heteroatoms. The van der Waals surface area contributed by atoms with Gasteiger partial charge in [0.05, 0.1) is 6.10 Å². The fourth-order valence-electron chi connectivity index (χ4n) is 1.71. The summed E-state index contributed by atoms with van der Waals surface area (Å²) in [5.74, 6) is 0.799. The average molecular weight is 233 g/mol. The van der Waals surface area contributed by atoms with Crippen molar-refractivity contribution in [3.63, 3.8) is 0 Å². The van der Waals surface area contributed by atoms with Crippen LogP contribution in [0.5, 0.6) is 0 Å². The Hall–Kier alpha value is -1.48. The molecule has 0 aliphatic heterocycles. The number of furan rings is 1. The molecule has 0 bridgehead atoms. The second kappa shape index (κ2) is 4.08. The zero-order chi connectivity index (χ0) is 12.6. The molecule has 2 rings (SSSR count). The second-order valence-corrected chi connectivity index (χ2v) is 5.60. The van der Waals surface area contributed by atoms with E-state index in [-0.39, 0.29) is 5.41 Å². The van der Waals surface area contributed by atoms with Gasteiger partial charge in [0, 0.05) is 17.5 Å². The molecule has 1 aromatic heterocycles. The number of nitrogen functional groups attached to an aromatic ring is 1. The van der Waals surface area contributed by atoms with Crippen molar-refractivity contribution in [2.24, 2.45) is 5.41 Å². The molecule has 1 aromatic carbocycles. The maximum Gasteiger partial charge on any atom is 0.134 e. The van der Waals surface area contributed by atoms with Crippen LogP contribution in [0.4, 0.5) is 5.69 Å². The molecule has 0 saturated carbocycles. The minimum absolute atomic E-state index is 0.141. The van der Waals surface area contributed by atoms with Crippen LogP contribution in [0.15, 0.2) is 28.7 Å². The summed E-state index contributed by atoms with van der Waals surface area (Å²) in [5, 5.41) is 11.0. The summed E-state index contributed by atoms with van der Waals surface area (Å²) >= 11 is 0. The molecule has 1 atom stereocenters. The van der Waals surface area contributed by atoms with Crippen LogP contribution in [0.3, 0.4) is 0 Å². The largest absolute Gasteiger partial charge is 0.461 e. The van der Waals surface area contributed by atoms with Crippen LogP contribution < -0.4 is 5.73 Å². The minimum Gasteiger partial charge on any atom is -0.461 e. The van der Waals surface area contributed by atoms with Crippen molar-refractivity contribution in [3.05, 3.63) is 30.0 Å². The van der Waals surface area contributed by atoms with Gasteiger partial charge in [0.2, 0.25) is 0 Å². The Balaban J connectivity index is 2.25. The third kappa shape index (κ3) is 2.61. The molecule has 92 valence electrons. The maximum atomic E-state index is 10.0. The summed E-state index contributed by atoms with van der Waals surface area (Å²) in [6.07, 6.45) is 0.110. The van der Waals surface area contributed by atoms with E-state index in [1.54, 1.807) is 0 Å². The van der Waals surface area contributed by atoms with E-state index >= 15 is 0 Å². The number of nitrogens with two attached hydrogens (primary N) is 1. The van der Waals surface area contributed by atoms with Crippen LogP contribution in [0.25, 0.3) is 11.0 Å². The predicted octanol–water partition coefficient (Wildman–Crippen LogP) is 2.96. The molecule has 3 nitrogen and oxygen atoms in total. The molecule has 1 heterocycles. The molecule has 0 fully saturated rings. The zero-order valence-electron chi connectivity index (χ0n) is 10.5. The number of benzene rings is 1. The van der Waals surface area contributed by atoms with Gasteiger partial charge in [0.25, 0.3) is 0 Å². The van der Waals surface area contributed by atoms with Crippen LogP contribution in [-0.2, 0) is 6.42 Å². The van der Waals surface area contributed by atoms with Crippen molar-refractivity contribution in [3.8, 4) is 0 Å². The van der Waals surface area contributed by atoms with Gasteiger partial charge in [0.15, 0.2) is 0 Å². The van der Waals surface area contributed by atoms with Crippen LogP contribution in [-0.4, -0.2) is 11.2 Å². The lowest BCUT2D eigenvalue weighted by molar-refractivity contribution is 0.0595. The molecule has 3 N–H and O–H groups in total. The summed E-state index contributed by atoms with van der Waals surface area (Å²) in [7, 11) is 0. The van der Waals surface area contributed by atoms with Crippen molar-refractivity contribution >= 4 is 16.7 Å². The lowest BCUT2D eigenvalue weighted by Crippen LogP contribution is -2.27. The van der Waals surface area contributed by atoms with Gasteiger partial charge in [0.1, 0.15) is 11.3 Å². The van der Waals surface area contributed by atoms with E-state index < -0.39 is 6.10 Å². The van der Waals surface area contributed by atoms with Gasteiger partial charge in [-0.05, 0) is 29.7 Å². The standard InChI is InChI=1S/C14H19NO2/c1-14(2,3)13(16)8-11-7-9-6-10(15)4-5-12(9)17-11/h4-7,13,16H,8,15H2,1-3H3. The third-order valence-electron chi connectivity index (χ3n) is 2.99. The number of hydrogen-bond donors (Lipinski definition) is 2. The lowest BCUT2D eigenvalue weighted by atomic mass is 9.87. The number of aliphatic hydroxyl groups is 1. The van der Waals surface area contributed by atoms with Crippen LogP contribution in [0.1, 0.15) is 26.5 Å². The first-order valence-electron chi connectivity index (χ1n) is 5.82. The van der Waals surface area contributed by atoms with Crippen LogP contribution >= 0.6 is 0 Å². The van der Waals surface area contributed by atoms with E-state index in [1.165, 1.54) is 0 Å². The molecule has 0 saturated heterocycles. The lowest BCUT2D eigenvalue weighted by Gasteiger charge is -2.24. The number of aliphatic hydroxyl groups excluding tert-OH is 1. The Morgan fingerprint density at radius 3 is 2.65 bits per heavy atom. The second-order valence-electron chi connectivity index (χ2n) is 5.60. The number of anilines is 1. The highest BCUT2D eigenvalue weighted by atomic mass is 16.3. The van der Waals surface area contributed by atoms with Crippen molar-refractivity contribution in [2.75, 3.05) is 5.73 Å². The quantitative estimate of drug-likeness (QED) is 0.784. The number of hydrogen-bond acceptors (Lipinski definition) is 3. The maximum absolute atomic E-state index is 10.0. The van der Waals surface area contributed by atoms with E-state index in [1.807, 2.05) is 45.0 Å². The van der Waals surface area contributed by atoms with Crippen molar-refractivity contribution in [1.29, 1.82) is 0 Å². The zero-order valence-corrected chi connectivity index (χ0v) is 10.5. The molecule has 0 radical (unpaired) electrons. The fraction of sp³-hybridized carbons (Fsp3) is 0.429. The first kappa shape index (κ1) is 12.0. The highest BCUT2D eigenvalue weighted by Crippen LogP contribution is 2.26. The Morgan fingerprint density at radius 2 is 2.00 bits per heavy atom. The summed E-state index contributed by atoms with van der Waals surface area (Å²) in [5.41, 5.74) is 7.11. The smallest absolute Gasteiger partial charge is 0.134 e. The summed E-state index contributed by atoms with van der Waals surface area (Å²) < 4.78 is 5.67. The van der Waals surface area contributed by atoms with E-state index in [0.29, 0.717) is 6.42 Å². The van der Waals surface area contributed by atoms with E-state index in [4.69, 9.17) is 10.2 Å². The topological polar surface area (TPSA) is 59.4 Å². The van der Waals surface area contributed by atoms with Crippen molar-refractivity contribution in [1.82, 2.24) is 0 Å². The summed E-state index contributed by atoms with van der Waals surface area (Å²) in [6, 6.07) is 7.50. The van der Waals surface area contributed by atoms with Gasteiger partial charge in [-0.2, -0.15) is 0 Å². The minimum atomic E-state index is -0.416. The Bertz CT molecular complexity index is 522. The molecule has 1 unspecified atom stereocenters. The SMILES string of the molecule is CC(C)(C)C(O)Cc1cc2cc(N)ccc2o1. The van der Waals surface area contributed by atoms with Gasteiger partial charge in [-0.15, -0.1) is 0 Å². The summed E-state index contributed by atoms with van der Waals surface area (Å²) in [4.78, 5) is 0. The first-order valence-corrected chi connectivity index (χ1v) is 5.82. The van der Waals surface area contributed by atoms with Crippen LogP contribution in [0.2, 0.25) is 0 Å². The normalized spacial score (nSPS) is 14.1. The van der Waals surface area contributed by atoms with Gasteiger partial charge >= 0.3 is 0 Å². The van der Waals surface area contributed by atoms with Gasteiger partial charge in [-0.1, -0.05) is 20.8 Å². The number of fused-ring (bicyclic) bond motifs is 1. The van der Waals surface area contributed by atoms with Gasteiger partial charge in [-0.25, -0.2) is 0 Å². The fourth-order valence-corrected chi connectivity index (χ4v) is 1.71. The average Bonchev–Trinajstić information content (AvgIpc) is 2.57. The van der Waals surface area contributed by atoms with E-state index in [2.05, 4.69) is 0 Å². The van der Waals surface area contributed by atoms with Crippen LogP contribution in [0, 0.1) is 5.41 Å². The molecule has 0 amide bonds. The highest BCUT2D eigenvalue weighted by molar-refractivity contribution is 5.81. The van der Waals surface area contributed by atoms with E-state index in [0.717, 1.165) is 22.4 Å². The molecule has 0 aliphatic carbocycles. The molecule has 0 aliphatic rings. The monoisotopic (exact) mass is 233 g/mol. The summed E-state index contributed by atoms with van der Waals surface area (Å²) in [6.45, 7) is 6.04. The Morgan fingerprint density at radius 1 is 1.29 bits per heavy atom. The molecule has 17 heavy (non-hydrogen) atoms. The molecular weight excluding hydrogens is 214 g/mol. The van der Waals surface area contributed by atoms with Gasteiger partial charge in [-0.3, -0.25) is 0 Å². The first-order chi connectivity index (χ1) is 7.86. The number of rotatable bonds is 2. The van der Waals surface area contributed by atoms with Gasteiger partial charge < -0.3 is 15.3 Å². The predicted molar refractivity (Wildman–Crippen MR) is 69.8 cm³/mol. The third-order valence-corrected chi connectivity index (χ3v) is 2.99. The molecular formula is C14H19NO2.